The Balaban J connectivity index is 2.22. The number of nitrogens with zero attached hydrogens (tertiary/aromatic N) is 2. The third-order valence-corrected chi connectivity index (χ3v) is 3.20. The van der Waals surface area contributed by atoms with Crippen LogP contribution in [0.2, 0.25) is 0 Å². The van der Waals surface area contributed by atoms with Gasteiger partial charge in [0.2, 0.25) is 11.8 Å². The number of nitrogens with one attached hydrogen (secondary N) is 2. The lowest BCUT2D eigenvalue weighted by Crippen LogP contribution is -2.38. The molecule has 0 unspecified atom stereocenters. The van der Waals surface area contributed by atoms with Gasteiger partial charge in [0.15, 0.2) is 0 Å². The van der Waals surface area contributed by atoms with E-state index in [9.17, 15) is 9.59 Å². The van der Waals surface area contributed by atoms with Gasteiger partial charge in [-0.05, 0) is 19.8 Å². The number of hydrogen-bond acceptors (Lipinski definition) is 4. The van der Waals surface area contributed by atoms with Crippen molar-refractivity contribution in [2.75, 3.05) is 0 Å². The van der Waals surface area contributed by atoms with Crippen LogP contribution in [0.4, 0.5) is 0 Å². The highest BCUT2D eigenvalue weighted by atomic mass is 16.2. The fourth-order valence-electron chi connectivity index (χ4n) is 2.38. The lowest BCUT2D eigenvalue weighted by molar-refractivity contribution is -0.126. The second kappa shape index (κ2) is 3.70. The summed E-state index contributed by atoms with van der Waals surface area (Å²) >= 11 is 0. The van der Waals surface area contributed by atoms with Gasteiger partial charge in [-0.25, -0.2) is 10.9 Å². The molecule has 6 heteroatoms. The zero-order chi connectivity index (χ0) is 11.9. The molecule has 0 saturated carbocycles. The zero-order valence-corrected chi connectivity index (χ0v) is 9.44. The SMILES string of the molecule is CC1=NNC(=O)[C@H]1C(C)[C@@H]1C(=O)NN=C1C. The molecule has 0 aromatic rings. The predicted octanol–water partition coefficient (Wildman–Crippen LogP) is -0.134. The molecule has 0 saturated heterocycles. The van der Waals surface area contributed by atoms with Crippen LogP contribution in [-0.2, 0) is 9.59 Å². The molecule has 0 aromatic heterocycles. The van der Waals surface area contributed by atoms with E-state index in [2.05, 4.69) is 21.1 Å². The molecule has 2 aliphatic rings. The summed E-state index contributed by atoms with van der Waals surface area (Å²) in [5, 5.41) is 7.77. The van der Waals surface area contributed by atoms with Gasteiger partial charge in [-0.2, -0.15) is 10.2 Å². The predicted molar refractivity (Wildman–Crippen MR) is 58.6 cm³/mol. The molecule has 2 rings (SSSR count). The van der Waals surface area contributed by atoms with E-state index in [4.69, 9.17) is 0 Å². The van der Waals surface area contributed by atoms with E-state index >= 15 is 0 Å². The molecule has 0 radical (unpaired) electrons. The Morgan fingerprint density at radius 3 is 1.62 bits per heavy atom. The van der Waals surface area contributed by atoms with Crippen molar-refractivity contribution in [2.45, 2.75) is 20.8 Å². The van der Waals surface area contributed by atoms with E-state index < -0.39 is 0 Å². The van der Waals surface area contributed by atoms with Gasteiger partial charge in [-0.15, -0.1) is 0 Å². The van der Waals surface area contributed by atoms with E-state index in [1.807, 2.05) is 6.92 Å². The summed E-state index contributed by atoms with van der Waals surface area (Å²) in [6.07, 6.45) is 0. The van der Waals surface area contributed by atoms with Crippen LogP contribution in [0.25, 0.3) is 0 Å². The molecule has 2 amide bonds. The molecule has 2 aliphatic heterocycles. The maximum absolute atomic E-state index is 11.6. The minimum atomic E-state index is -0.334. The van der Waals surface area contributed by atoms with Gasteiger partial charge in [0.25, 0.3) is 0 Å². The van der Waals surface area contributed by atoms with Crippen LogP contribution in [-0.4, -0.2) is 23.2 Å². The van der Waals surface area contributed by atoms with E-state index in [1.54, 1.807) is 13.8 Å². The van der Waals surface area contributed by atoms with Crippen molar-refractivity contribution in [3.63, 3.8) is 0 Å². The number of amides is 2. The minimum Gasteiger partial charge on any atom is -0.272 e. The Kier molecular flexibility index (Phi) is 2.49. The van der Waals surface area contributed by atoms with Crippen LogP contribution in [0.15, 0.2) is 10.2 Å². The molecule has 2 heterocycles. The van der Waals surface area contributed by atoms with Crippen molar-refractivity contribution >= 4 is 23.2 Å². The molecular formula is C10H14N4O2. The van der Waals surface area contributed by atoms with Crippen LogP contribution in [0.5, 0.6) is 0 Å². The molecule has 0 bridgehead atoms. The maximum atomic E-state index is 11.6. The van der Waals surface area contributed by atoms with Gasteiger partial charge in [0.1, 0.15) is 0 Å². The fraction of sp³-hybridized carbons (Fsp3) is 0.600. The quantitative estimate of drug-likeness (QED) is 0.682. The smallest absolute Gasteiger partial charge is 0.249 e. The summed E-state index contributed by atoms with van der Waals surface area (Å²) in [5.41, 5.74) is 6.32. The van der Waals surface area contributed by atoms with Crippen molar-refractivity contribution in [2.24, 2.45) is 28.0 Å². The zero-order valence-electron chi connectivity index (χ0n) is 9.44. The summed E-state index contributed by atoms with van der Waals surface area (Å²) in [6.45, 7) is 5.46. The Labute approximate surface area is 93.2 Å². The minimum absolute atomic E-state index is 0.127. The Hall–Kier alpha value is -1.72. The number of carbonyl (C=O) groups is 2. The standard InChI is InChI=1S/C10H14N4O2/c1-4(7-5(2)11-13-9(7)15)8-6(3)12-14-10(8)16/h4,7-8H,1-3H3,(H,13,15)(H,14,16)/t7-,8-/m0/s1. The van der Waals surface area contributed by atoms with Crippen molar-refractivity contribution in [1.82, 2.24) is 10.9 Å². The van der Waals surface area contributed by atoms with Gasteiger partial charge in [-0.1, -0.05) is 6.92 Å². The first-order valence-corrected chi connectivity index (χ1v) is 5.20. The normalized spacial score (nSPS) is 29.0. The van der Waals surface area contributed by atoms with Crippen LogP contribution in [0, 0.1) is 17.8 Å². The van der Waals surface area contributed by atoms with Crippen LogP contribution in [0.1, 0.15) is 20.8 Å². The third kappa shape index (κ3) is 1.50. The average Bonchev–Trinajstić information content (AvgIpc) is 2.71. The molecule has 86 valence electrons. The highest BCUT2D eigenvalue weighted by Crippen LogP contribution is 2.28. The highest BCUT2D eigenvalue weighted by Gasteiger charge is 2.42. The molecule has 6 nitrogen and oxygen atoms in total. The van der Waals surface area contributed by atoms with Crippen molar-refractivity contribution in [3.05, 3.63) is 0 Å². The molecule has 0 spiro atoms. The van der Waals surface area contributed by atoms with Crippen LogP contribution in [0.3, 0.4) is 0 Å². The van der Waals surface area contributed by atoms with E-state index in [0.717, 1.165) is 11.4 Å². The molecule has 0 fully saturated rings. The molecular weight excluding hydrogens is 208 g/mol. The summed E-state index contributed by atoms with van der Waals surface area (Å²) in [5.74, 6) is -1.08. The fourth-order valence-corrected chi connectivity index (χ4v) is 2.38. The molecule has 2 N–H and O–H groups in total. The van der Waals surface area contributed by atoms with Gasteiger partial charge < -0.3 is 0 Å². The second-order valence-corrected chi connectivity index (χ2v) is 4.27. The summed E-state index contributed by atoms with van der Waals surface area (Å²) in [6, 6.07) is 0. The number of carbonyl (C=O) groups excluding carboxylic acids is 2. The van der Waals surface area contributed by atoms with Gasteiger partial charge in [0, 0.05) is 11.4 Å². The second-order valence-electron chi connectivity index (χ2n) is 4.27. The van der Waals surface area contributed by atoms with Crippen LogP contribution >= 0.6 is 0 Å². The first-order chi connectivity index (χ1) is 7.52. The number of hydrogen-bond donors (Lipinski definition) is 2. The average molecular weight is 222 g/mol. The van der Waals surface area contributed by atoms with E-state index in [-0.39, 0.29) is 29.6 Å². The largest absolute Gasteiger partial charge is 0.272 e. The lowest BCUT2D eigenvalue weighted by Gasteiger charge is -2.21. The molecule has 0 aliphatic carbocycles. The van der Waals surface area contributed by atoms with Gasteiger partial charge >= 0.3 is 0 Å². The first kappa shape index (κ1) is 10.8. The lowest BCUT2D eigenvalue weighted by atomic mass is 9.78. The van der Waals surface area contributed by atoms with E-state index in [1.165, 1.54) is 0 Å². The third-order valence-electron chi connectivity index (χ3n) is 3.20. The molecule has 16 heavy (non-hydrogen) atoms. The van der Waals surface area contributed by atoms with E-state index in [0.29, 0.717) is 0 Å². The summed E-state index contributed by atoms with van der Waals surface area (Å²) < 4.78 is 0. The summed E-state index contributed by atoms with van der Waals surface area (Å²) in [7, 11) is 0. The Bertz CT molecular complexity index is 375. The van der Waals surface area contributed by atoms with Gasteiger partial charge in [0.05, 0.1) is 11.8 Å². The topological polar surface area (TPSA) is 82.9 Å². The number of hydrazone groups is 2. The Morgan fingerprint density at radius 1 is 1.00 bits per heavy atom. The molecule has 2 atom stereocenters. The Morgan fingerprint density at radius 2 is 1.38 bits per heavy atom. The van der Waals surface area contributed by atoms with Crippen molar-refractivity contribution in [1.29, 1.82) is 0 Å². The number of rotatable bonds is 2. The monoisotopic (exact) mass is 222 g/mol. The van der Waals surface area contributed by atoms with Crippen molar-refractivity contribution in [3.8, 4) is 0 Å². The molecule has 0 aromatic carbocycles. The van der Waals surface area contributed by atoms with Crippen LogP contribution < -0.4 is 10.9 Å². The maximum Gasteiger partial charge on any atom is 0.249 e. The van der Waals surface area contributed by atoms with Crippen molar-refractivity contribution < 1.29 is 9.59 Å². The summed E-state index contributed by atoms with van der Waals surface area (Å²) in [4.78, 5) is 23.2. The highest BCUT2D eigenvalue weighted by molar-refractivity contribution is 6.11. The van der Waals surface area contributed by atoms with Gasteiger partial charge in [-0.3, -0.25) is 9.59 Å². The first-order valence-electron chi connectivity index (χ1n) is 5.20.